The summed E-state index contributed by atoms with van der Waals surface area (Å²) in [5, 5.41) is 21.2. The maximum Gasteiger partial charge on any atom is 0.330 e. The Morgan fingerprint density at radius 3 is 2.40 bits per heavy atom. The van der Waals surface area contributed by atoms with Gasteiger partial charge >= 0.3 is 5.97 Å². The van der Waals surface area contributed by atoms with Gasteiger partial charge in [-0.15, -0.1) is 0 Å². The number of halogens is 1. The van der Waals surface area contributed by atoms with E-state index in [0.29, 0.717) is 5.69 Å². The lowest BCUT2D eigenvalue weighted by Gasteiger charge is -2.16. The van der Waals surface area contributed by atoms with Crippen LogP contribution < -0.4 is 5.32 Å². The van der Waals surface area contributed by atoms with E-state index in [1.165, 1.54) is 6.07 Å². The van der Waals surface area contributed by atoms with Crippen LogP contribution in [0.2, 0.25) is 0 Å². The standard InChI is InChI=1S/C15H14FNO3/c1-9-2-5-11(6-3-9)17-14(15(19)20)10-4-7-13(18)12(16)8-10/h2-8,14,17-18H,1H3,(H,19,20). The zero-order valence-corrected chi connectivity index (χ0v) is 10.8. The molecule has 0 saturated heterocycles. The number of benzene rings is 2. The second-order valence-electron chi connectivity index (χ2n) is 4.49. The average Bonchev–Trinajstić information content (AvgIpc) is 2.41. The highest BCUT2D eigenvalue weighted by Gasteiger charge is 2.20. The van der Waals surface area contributed by atoms with Gasteiger partial charge in [0, 0.05) is 5.69 Å². The number of rotatable bonds is 4. The molecule has 0 aliphatic rings. The lowest BCUT2D eigenvalue weighted by molar-refractivity contribution is -0.138. The fourth-order valence-corrected chi connectivity index (χ4v) is 1.81. The molecule has 0 spiro atoms. The van der Waals surface area contributed by atoms with E-state index < -0.39 is 23.6 Å². The first-order valence-electron chi connectivity index (χ1n) is 6.02. The Labute approximate surface area is 115 Å². The number of aliphatic carboxylic acids is 1. The molecule has 1 atom stereocenters. The third-order valence-electron chi connectivity index (χ3n) is 2.91. The molecular weight excluding hydrogens is 261 g/mol. The number of anilines is 1. The second kappa shape index (κ2) is 5.61. The molecule has 20 heavy (non-hydrogen) atoms. The van der Waals surface area contributed by atoms with Gasteiger partial charge in [0.15, 0.2) is 17.6 Å². The number of aryl methyl sites for hydroxylation is 1. The molecule has 2 aromatic carbocycles. The predicted octanol–water partition coefficient (Wildman–Crippen LogP) is 3.08. The normalized spacial score (nSPS) is 11.9. The van der Waals surface area contributed by atoms with Crippen molar-refractivity contribution in [3.8, 4) is 5.75 Å². The minimum atomic E-state index is -1.13. The number of phenols is 1. The smallest absolute Gasteiger partial charge is 0.330 e. The van der Waals surface area contributed by atoms with E-state index in [1.54, 1.807) is 12.1 Å². The van der Waals surface area contributed by atoms with Crippen molar-refractivity contribution in [2.24, 2.45) is 0 Å². The predicted molar refractivity (Wildman–Crippen MR) is 73.2 cm³/mol. The van der Waals surface area contributed by atoms with E-state index in [0.717, 1.165) is 17.7 Å². The van der Waals surface area contributed by atoms with Crippen LogP contribution in [0, 0.1) is 12.7 Å². The molecule has 0 saturated carbocycles. The topological polar surface area (TPSA) is 69.6 Å². The van der Waals surface area contributed by atoms with Crippen molar-refractivity contribution in [1.29, 1.82) is 0 Å². The Balaban J connectivity index is 2.29. The van der Waals surface area contributed by atoms with Crippen molar-refractivity contribution in [2.75, 3.05) is 5.32 Å². The van der Waals surface area contributed by atoms with Crippen molar-refractivity contribution in [2.45, 2.75) is 13.0 Å². The van der Waals surface area contributed by atoms with Gasteiger partial charge in [-0.1, -0.05) is 23.8 Å². The highest BCUT2D eigenvalue weighted by Crippen LogP contribution is 2.24. The highest BCUT2D eigenvalue weighted by molar-refractivity contribution is 5.79. The minimum absolute atomic E-state index is 0.230. The van der Waals surface area contributed by atoms with Crippen molar-refractivity contribution in [3.05, 3.63) is 59.4 Å². The molecule has 3 N–H and O–H groups in total. The fraction of sp³-hybridized carbons (Fsp3) is 0.133. The van der Waals surface area contributed by atoms with Crippen molar-refractivity contribution >= 4 is 11.7 Å². The maximum atomic E-state index is 13.3. The molecule has 0 bridgehead atoms. The number of carbonyl (C=O) groups is 1. The van der Waals surface area contributed by atoms with Crippen molar-refractivity contribution in [1.82, 2.24) is 0 Å². The third-order valence-corrected chi connectivity index (χ3v) is 2.91. The average molecular weight is 275 g/mol. The molecule has 5 heteroatoms. The summed E-state index contributed by atoms with van der Waals surface area (Å²) >= 11 is 0. The summed E-state index contributed by atoms with van der Waals surface area (Å²) in [6.45, 7) is 1.92. The largest absolute Gasteiger partial charge is 0.505 e. The van der Waals surface area contributed by atoms with E-state index in [4.69, 9.17) is 5.11 Å². The highest BCUT2D eigenvalue weighted by atomic mass is 19.1. The van der Waals surface area contributed by atoms with Gasteiger partial charge in [-0.3, -0.25) is 0 Å². The van der Waals surface area contributed by atoms with E-state index in [2.05, 4.69) is 5.32 Å². The summed E-state index contributed by atoms with van der Waals surface area (Å²) in [4.78, 5) is 11.3. The first-order chi connectivity index (χ1) is 9.47. The first kappa shape index (κ1) is 13.9. The molecule has 2 rings (SSSR count). The molecule has 104 valence electrons. The molecule has 0 aliphatic heterocycles. The van der Waals surface area contributed by atoms with E-state index in [9.17, 15) is 14.3 Å². The van der Waals surface area contributed by atoms with Crippen LogP contribution in [0.5, 0.6) is 5.75 Å². The third kappa shape index (κ3) is 3.06. The molecule has 0 fully saturated rings. The van der Waals surface area contributed by atoms with Crippen LogP contribution in [0.1, 0.15) is 17.2 Å². The summed E-state index contributed by atoms with van der Waals surface area (Å²) in [6, 6.07) is 9.62. The molecule has 4 nitrogen and oxygen atoms in total. The lowest BCUT2D eigenvalue weighted by Crippen LogP contribution is -2.20. The Bertz CT molecular complexity index is 626. The zero-order valence-electron chi connectivity index (χ0n) is 10.8. The summed E-state index contributed by atoms with van der Waals surface area (Å²) in [5.74, 6) is -2.48. The van der Waals surface area contributed by atoms with Gasteiger partial charge in [-0.2, -0.15) is 0 Å². The van der Waals surface area contributed by atoms with Crippen LogP contribution >= 0.6 is 0 Å². The lowest BCUT2D eigenvalue weighted by atomic mass is 10.1. The molecule has 0 aromatic heterocycles. The van der Waals surface area contributed by atoms with Crippen LogP contribution in [0.15, 0.2) is 42.5 Å². The quantitative estimate of drug-likeness (QED) is 0.802. The molecule has 2 aromatic rings. The molecular formula is C15H14FNO3. The zero-order chi connectivity index (χ0) is 14.7. The van der Waals surface area contributed by atoms with Crippen LogP contribution in [-0.4, -0.2) is 16.2 Å². The summed E-state index contributed by atoms with van der Waals surface area (Å²) in [5.41, 5.74) is 1.91. The summed E-state index contributed by atoms with van der Waals surface area (Å²) in [6.07, 6.45) is 0. The van der Waals surface area contributed by atoms with Gasteiger partial charge < -0.3 is 15.5 Å². The number of carboxylic acid groups (broad SMARTS) is 1. The van der Waals surface area contributed by atoms with Crippen LogP contribution in [0.4, 0.5) is 10.1 Å². The van der Waals surface area contributed by atoms with Gasteiger partial charge in [0.25, 0.3) is 0 Å². The summed E-state index contributed by atoms with van der Waals surface area (Å²) in [7, 11) is 0. The molecule has 0 heterocycles. The van der Waals surface area contributed by atoms with Crippen LogP contribution in [0.3, 0.4) is 0 Å². The molecule has 0 aliphatic carbocycles. The van der Waals surface area contributed by atoms with Gasteiger partial charge in [0.05, 0.1) is 0 Å². The Kier molecular flexibility index (Phi) is 3.89. The van der Waals surface area contributed by atoms with Crippen molar-refractivity contribution < 1.29 is 19.4 Å². The van der Waals surface area contributed by atoms with Gasteiger partial charge in [-0.25, -0.2) is 9.18 Å². The summed E-state index contributed by atoms with van der Waals surface area (Å²) < 4.78 is 13.3. The van der Waals surface area contributed by atoms with Crippen LogP contribution in [0.25, 0.3) is 0 Å². The fourth-order valence-electron chi connectivity index (χ4n) is 1.81. The SMILES string of the molecule is Cc1ccc(NC(C(=O)O)c2ccc(O)c(F)c2)cc1. The number of hydrogen-bond acceptors (Lipinski definition) is 3. The van der Waals surface area contributed by atoms with Crippen molar-refractivity contribution in [3.63, 3.8) is 0 Å². The molecule has 1 unspecified atom stereocenters. The number of carboxylic acids is 1. The van der Waals surface area contributed by atoms with Gasteiger partial charge in [-0.05, 0) is 36.8 Å². The Morgan fingerprint density at radius 1 is 1.20 bits per heavy atom. The maximum absolute atomic E-state index is 13.3. The molecule has 0 radical (unpaired) electrons. The Morgan fingerprint density at radius 2 is 1.85 bits per heavy atom. The van der Waals surface area contributed by atoms with E-state index >= 15 is 0 Å². The van der Waals surface area contributed by atoms with E-state index in [-0.39, 0.29) is 5.56 Å². The van der Waals surface area contributed by atoms with Gasteiger partial charge in [0.2, 0.25) is 0 Å². The van der Waals surface area contributed by atoms with Crippen LogP contribution in [-0.2, 0) is 4.79 Å². The number of phenolic OH excluding ortho intramolecular Hbond substituents is 1. The molecule has 0 amide bonds. The minimum Gasteiger partial charge on any atom is -0.505 e. The number of aromatic hydroxyl groups is 1. The second-order valence-corrected chi connectivity index (χ2v) is 4.49. The Hall–Kier alpha value is -2.56. The number of hydrogen-bond donors (Lipinski definition) is 3. The first-order valence-corrected chi connectivity index (χ1v) is 6.02. The van der Waals surface area contributed by atoms with E-state index in [1.807, 2.05) is 19.1 Å². The number of nitrogens with one attached hydrogen (secondary N) is 1. The van der Waals surface area contributed by atoms with Gasteiger partial charge in [0.1, 0.15) is 0 Å². The monoisotopic (exact) mass is 275 g/mol.